The second-order valence-electron chi connectivity index (χ2n) is 4.95. The Kier molecular flexibility index (Phi) is 5.16. The summed E-state index contributed by atoms with van der Waals surface area (Å²) in [5.74, 6) is 0.123. The van der Waals surface area contributed by atoms with Gasteiger partial charge in [0.15, 0.2) is 0 Å². The molecule has 1 amide bonds. The summed E-state index contributed by atoms with van der Waals surface area (Å²) >= 11 is 1.14. The van der Waals surface area contributed by atoms with Gasteiger partial charge in [-0.15, -0.1) is 11.8 Å². The molecule has 1 aromatic rings. The molecule has 0 spiro atoms. The maximum absolute atomic E-state index is 12.6. The molecule has 0 radical (unpaired) electrons. The van der Waals surface area contributed by atoms with E-state index in [0.717, 1.165) is 37.0 Å². The first-order chi connectivity index (χ1) is 9.88. The van der Waals surface area contributed by atoms with Gasteiger partial charge in [-0.3, -0.25) is 4.79 Å². The number of hydrogen-bond acceptors (Lipinski definition) is 3. The van der Waals surface area contributed by atoms with Crippen LogP contribution in [0.25, 0.3) is 0 Å². The number of halogens is 3. The molecule has 1 N–H and O–H groups in total. The number of amides is 1. The van der Waals surface area contributed by atoms with E-state index in [2.05, 4.69) is 5.32 Å². The molecule has 3 nitrogen and oxygen atoms in total. The Hall–Kier alpha value is -1.21. The summed E-state index contributed by atoms with van der Waals surface area (Å²) in [5.41, 5.74) is -0.685. The number of thioether (sulfide) groups is 1. The Morgan fingerprint density at radius 1 is 1.48 bits per heavy atom. The third-order valence-electron chi connectivity index (χ3n) is 3.35. The monoisotopic (exact) mass is 318 g/mol. The van der Waals surface area contributed by atoms with Crippen LogP contribution in [-0.2, 0) is 11.0 Å². The first kappa shape index (κ1) is 16.2. The van der Waals surface area contributed by atoms with Crippen LogP contribution in [0.1, 0.15) is 12.5 Å². The first-order valence-electron chi connectivity index (χ1n) is 6.68. The predicted molar refractivity (Wildman–Crippen MR) is 76.2 cm³/mol. The third-order valence-corrected chi connectivity index (χ3v) is 4.32. The van der Waals surface area contributed by atoms with E-state index in [-0.39, 0.29) is 17.7 Å². The van der Waals surface area contributed by atoms with Crippen LogP contribution in [0.4, 0.5) is 13.2 Å². The first-order valence-corrected chi connectivity index (χ1v) is 7.67. The molecule has 0 saturated carbocycles. The summed E-state index contributed by atoms with van der Waals surface area (Å²) in [5, 5.41) is 3.19. The summed E-state index contributed by atoms with van der Waals surface area (Å²) < 4.78 is 37.9. The molecule has 1 atom stereocenters. The van der Waals surface area contributed by atoms with Crippen molar-refractivity contribution >= 4 is 17.7 Å². The SMILES string of the molecule is C[C@H]1CNCCN1C(=O)CSc1cccc(C(F)(F)F)c1. The summed E-state index contributed by atoms with van der Waals surface area (Å²) in [6.07, 6.45) is -4.35. The standard InChI is InChI=1S/C14H17F3N2OS/c1-10-8-18-5-6-19(10)13(20)9-21-12-4-2-3-11(7-12)14(15,16)17/h2-4,7,10,18H,5-6,8-9H2,1H3/t10-/m0/s1. The molecule has 2 rings (SSSR count). The molecule has 1 fully saturated rings. The molecule has 1 aliphatic rings. The van der Waals surface area contributed by atoms with E-state index in [1.54, 1.807) is 11.0 Å². The summed E-state index contributed by atoms with van der Waals surface area (Å²) in [6, 6.07) is 5.19. The van der Waals surface area contributed by atoms with Gasteiger partial charge in [0.1, 0.15) is 0 Å². The molecule has 1 aliphatic heterocycles. The number of nitrogens with zero attached hydrogens (tertiary/aromatic N) is 1. The largest absolute Gasteiger partial charge is 0.416 e. The van der Waals surface area contributed by atoms with Crippen molar-refractivity contribution in [2.75, 3.05) is 25.4 Å². The van der Waals surface area contributed by atoms with Gasteiger partial charge in [0.25, 0.3) is 0 Å². The van der Waals surface area contributed by atoms with E-state index in [1.165, 1.54) is 6.07 Å². The fraction of sp³-hybridized carbons (Fsp3) is 0.500. The maximum atomic E-state index is 12.6. The van der Waals surface area contributed by atoms with Crippen molar-refractivity contribution in [2.45, 2.75) is 24.0 Å². The molecule has 116 valence electrons. The zero-order valence-corrected chi connectivity index (χ0v) is 12.4. The van der Waals surface area contributed by atoms with Crippen LogP contribution in [0.15, 0.2) is 29.2 Å². The minimum Gasteiger partial charge on any atom is -0.337 e. The lowest BCUT2D eigenvalue weighted by Crippen LogP contribution is -2.52. The van der Waals surface area contributed by atoms with Gasteiger partial charge < -0.3 is 10.2 Å². The molecule has 0 aliphatic carbocycles. The van der Waals surface area contributed by atoms with Crippen molar-refractivity contribution in [2.24, 2.45) is 0 Å². The lowest BCUT2D eigenvalue weighted by molar-refractivity contribution is -0.137. The Balaban J connectivity index is 1.95. The smallest absolute Gasteiger partial charge is 0.337 e. The molecule has 1 aromatic carbocycles. The van der Waals surface area contributed by atoms with E-state index in [1.807, 2.05) is 6.92 Å². The Bertz CT molecular complexity index is 507. The lowest BCUT2D eigenvalue weighted by atomic mass is 10.2. The highest BCUT2D eigenvalue weighted by Crippen LogP contribution is 2.31. The Morgan fingerprint density at radius 2 is 2.24 bits per heavy atom. The highest BCUT2D eigenvalue weighted by Gasteiger charge is 2.30. The van der Waals surface area contributed by atoms with Crippen molar-refractivity contribution < 1.29 is 18.0 Å². The molecule has 0 bridgehead atoms. The highest BCUT2D eigenvalue weighted by molar-refractivity contribution is 8.00. The molecule has 0 unspecified atom stereocenters. The van der Waals surface area contributed by atoms with Crippen LogP contribution in [0.5, 0.6) is 0 Å². The molecule has 0 aromatic heterocycles. The summed E-state index contributed by atoms with van der Waals surface area (Å²) in [7, 11) is 0. The number of hydrogen-bond donors (Lipinski definition) is 1. The topological polar surface area (TPSA) is 32.3 Å². The van der Waals surface area contributed by atoms with Gasteiger partial charge >= 0.3 is 6.18 Å². The average Bonchev–Trinajstić information content (AvgIpc) is 2.45. The number of benzene rings is 1. The maximum Gasteiger partial charge on any atom is 0.416 e. The van der Waals surface area contributed by atoms with E-state index in [0.29, 0.717) is 11.4 Å². The Labute approximate surface area is 125 Å². The van der Waals surface area contributed by atoms with Crippen molar-refractivity contribution in [1.29, 1.82) is 0 Å². The second kappa shape index (κ2) is 6.70. The minimum atomic E-state index is -4.35. The molecular formula is C14H17F3N2OS. The molecule has 21 heavy (non-hydrogen) atoms. The van der Waals surface area contributed by atoms with Gasteiger partial charge in [-0.2, -0.15) is 13.2 Å². The second-order valence-corrected chi connectivity index (χ2v) is 6.00. The fourth-order valence-electron chi connectivity index (χ4n) is 2.20. The number of carbonyl (C=O) groups is 1. The molecular weight excluding hydrogens is 301 g/mol. The van der Waals surface area contributed by atoms with Crippen LogP contribution in [0, 0.1) is 0 Å². The highest BCUT2D eigenvalue weighted by atomic mass is 32.2. The van der Waals surface area contributed by atoms with Crippen LogP contribution in [-0.4, -0.2) is 42.2 Å². The van der Waals surface area contributed by atoms with Gasteiger partial charge in [-0.05, 0) is 25.1 Å². The minimum absolute atomic E-state index is 0.0357. The summed E-state index contributed by atoms with van der Waals surface area (Å²) in [6.45, 7) is 4.10. The number of carbonyl (C=O) groups excluding carboxylic acids is 1. The van der Waals surface area contributed by atoms with Crippen LogP contribution >= 0.6 is 11.8 Å². The van der Waals surface area contributed by atoms with E-state index in [9.17, 15) is 18.0 Å². The van der Waals surface area contributed by atoms with Crippen LogP contribution in [0.3, 0.4) is 0 Å². The van der Waals surface area contributed by atoms with Crippen LogP contribution in [0.2, 0.25) is 0 Å². The van der Waals surface area contributed by atoms with Crippen molar-refractivity contribution in [3.8, 4) is 0 Å². The summed E-state index contributed by atoms with van der Waals surface area (Å²) in [4.78, 5) is 14.4. The number of piperazine rings is 1. The zero-order chi connectivity index (χ0) is 15.5. The zero-order valence-electron chi connectivity index (χ0n) is 11.6. The van der Waals surface area contributed by atoms with E-state index < -0.39 is 11.7 Å². The number of rotatable bonds is 3. The van der Waals surface area contributed by atoms with Crippen molar-refractivity contribution in [1.82, 2.24) is 10.2 Å². The van der Waals surface area contributed by atoms with Gasteiger partial charge in [-0.1, -0.05) is 6.07 Å². The molecule has 1 saturated heterocycles. The van der Waals surface area contributed by atoms with Gasteiger partial charge in [0, 0.05) is 30.6 Å². The lowest BCUT2D eigenvalue weighted by Gasteiger charge is -2.34. The van der Waals surface area contributed by atoms with Crippen LogP contribution < -0.4 is 5.32 Å². The Morgan fingerprint density at radius 3 is 2.90 bits per heavy atom. The van der Waals surface area contributed by atoms with E-state index in [4.69, 9.17) is 0 Å². The predicted octanol–water partition coefficient (Wildman–Crippen LogP) is 2.62. The van der Waals surface area contributed by atoms with Gasteiger partial charge in [0.2, 0.25) is 5.91 Å². The molecule has 1 heterocycles. The van der Waals surface area contributed by atoms with Gasteiger partial charge in [-0.25, -0.2) is 0 Å². The quantitative estimate of drug-likeness (QED) is 0.870. The van der Waals surface area contributed by atoms with Gasteiger partial charge in [0.05, 0.1) is 11.3 Å². The fourth-order valence-corrected chi connectivity index (χ4v) is 3.04. The van der Waals surface area contributed by atoms with Crippen molar-refractivity contribution in [3.63, 3.8) is 0 Å². The third kappa shape index (κ3) is 4.38. The van der Waals surface area contributed by atoms with Crippen molar-refractivity contribution in [3.05, 3.63) is 29.8 Å². The number of nitrogens with one attached hydrogen (secondary N) is 1. The normalized spacial score (nSPS) is 19.6. The average molecular weight is 318 g/mol. The number of alkyl halides is 3. The molecule has 7 heteroatoms. The van der Waals surface area contributed by atoms with E-state index >= 15 is 0 Å².